The molecule has 4 heteroatoms. The lowest BCUT2D eigenvalue weighted by molar-refractivity contribution is 0.103. The maximum absolute atomic E-state index is 13.7. The van der Waals surface area contributed by atoms with Crippen molar-refractivity contribution in [2.45, 2.75) is 6.92 Å². The third-order valence-corrected chi connectivity index (χ3v) is 3.60. The van der Waals surface area contributed by atoms with E-state index in [0.717, 1.165) is 0 Å². The van der Waals surface area contributed by atoms with Crippen molar-refractivity contribution in [3.05, 3.63) is 56.5 Å². The zero-order valence-electron chi connectivity index (χ0n) is 8.46. The number of halogens is 2. The minimum Gasteiger partial charge on any atom is -0.288 e. The van der Waals surface area contributed by atoms with Crippen LogP contribution in [0.2, 0.25) is 5.02 Å². The van der Waals surface area contributed by atoms with Crippen LogP contribution in [0, 0.1) is 12.7 Å². The van der Waals surface area contributed by atoms with E-state index in [1.807, 2.05) is 0 Å². The van der Waals surface area contributed by atoms with Crippen molar-refractivity contribution < 1.29 is 9.18 Å². The number of hydrogen-bond donors (Lipinski definition) is 0. The summed E-state index contributed by atoms with van der Waals surface area (Å²) in [5.41, 5.74) is 0.530. The van der Waals surface area contributed by atoms with Crippen LogP contribution >= 0.6 is 22.9 Å². The Bertz CT molecular complexity index is 548. The predicted molar refractivity (Wildman–Crippen MR) is 63.9 cm³/mol. The molecular weight excluding hydrogens is 247 g/mol. The maximum Gasteiger partial charge on any atom is 0.207 e. The van der Waals surface area contributed by atoms with Gasteiger partial charge in [-0.2, -0.15) is 0 Å². The van der Waals surface area contributed by atoms with Gasteiger partial charge in [-0.15, -0.1) is 11.3 Å². The van der Waals surface area contributed by atoms with E-state index >= 15 is 0 Å². The fraction of sp³-hybridized carbons (Fsp3) is 0.0833. The summed E-state index contributed by atoms with van der Waals surface area (Å²) in [5.74, 6) is -0.835. The Morgan fingerprint density at radius 1 is 1.38 bits per heavy atom. The monoisotopic (exact) mass is 254 g/mol. The van der Waals surface area contributed by atoms with Gasteiger partial charge in [0.05, 0.1) is 15.5 Å². The zero-order valence-corrected chi connectivity index (χ0v) is 10.0. The molecule has 0 fully saturated rings. The standard InChI is InChI=1S/C12H8ClFOS/c1-7-3-2-4-8(10(7)14)11(15)12-9(13)5-6-16-12/h2-6H,1H3. The second-order valence-electron chi connectivity index (χ2n) is 3.36. The molecule has 0 saturated carbocycles. The van der Waals surface area contributed by atoms with E-state index in [-0.39, 0.29) is 11.3 Å². The summed E-state index contributed by atoms with van der Waals surface area (Å²) in [5, 5.41) is 2.08. The highest BCUT2D eigenvalue weighted by Gasteiger charge is 2.18. The zero-order chi connectivity index (χ0) is 11.7. The van der Waals surface area contributed by atoms with E-state index in [4.69, 9.17) is 11.6 Å². The summed E-state index contributed by atoms with van der Waals surface area (Å²) in [6, 6.07) is 6.39. The van der Waals surface area contributed by atoms with Crippen LogP contribution in [-0.4, -0.2) is 5.78 Å². The molecular formula is C12H8ClFOS. The lowest BCUT2D eigenvalue weighted by Gasteiger charge is -2.03. The smallest absolute Gasteiger partial charge is 0.207 e. The van der Waals surface area contributed by atoms with Gasteiger partial charge in [-0.3, -0.25) is 4.79 Å². The molecule has 0 N–H and O–H groups in total. The predicted octanol–water partition coefficient (Wildman–Crippen LogP) is 4.08. The fourth-order valence-corrected chi connectivity index (χ4v) is 2.50. The number of hydrogen-bond acceptors (Lipinski definition) is 2. The van der Waals surface area contributed by atoms with Gasteiger partial charge in [0.25, 0.3) is 0 Å². The summed E-state index contributed by atoms with van der Waals surface area (Å²) in [6.45, 7) is 1.63. The van der Waals surface area contributed by atoms with Gasteiger partial charge >= 0.3 is 0 Å². The largest absolute Gasteiger partial charge is 0.288 e. The molecule has 1 heterocycles. The molecule has 2 rings (SSSR count). The number of rotatable bonds is 2. The molecule has 2 aromatic rings. The van der Waals surface area contributed by atoms with Gasteiger partial charge < -0.3 is 0 Å². The molecule has 0 bridgehead atoms. The van der Waals surface area contributed by atoms with Crippen LogP contribution in [0.25, 0.3) is 0 Å². The van der Waals surface area contributed by atoms with E-state index in [0.29, 0.717) is 15.5 Å². The third-order valence-electron chi connectivity index (χ3n) is 2.26. The maximum atomic E-state index is 13.7. The summed E-state index contributed by atoms with van der Waals surface area (Å²) >= 11 is 7.06. The normalized spacial score (nSPS) is 10.4. The highest BCUT2D eigenvalue weighted by atomic mass is 35.5. The molecule has 1 nitrogen and oxygen atoms in total. The lowest BCUT2D eigenvalue weighted by atomic mass is 10.1. The minimum atomic E-state index is -0.475. The molecule has 1 aromatic heterocycles. The molecule has 0 aliphatic rings. The topological polar surface area (TPSA) is 17.1 Å². The van der Waals surface area contributed by atoms with Crippen LogP contribution in [0.4, 0.5) is 4.39 Å². The van der Waals surface area contributed by atoms with Crippen LogP contribution in [0.15, 0.2) is 29.6 Å². The Labute approximate surface area is 101 Å². The number of carbonyl (C=O) groups is 1. The van der Waals surface area contributed by atoms with Crippen LogP contribution in [-0.2, 0) is 0 Å². The van der Waals surface area contributed by atoms with Gasteiger partial charge in [0.15, 0.2) is 0 Å². The van der Waals surface area contributed by atoms with E-state index in [2.05, 4.69) is 0 Å². The highest BCUT2D eigenvalue weighted by molar-refractivity contribution is 7.13. The van der Waals surface area contributed by atoms with Crippen molar-refractivity contribution in [2.24, 2.45) is 0 Å². The molecule has 0 atom stereocenters. The molecule has 0 radical (unpaired) electrons. The van der Waals surface area contributed by atoms with Gasteiger partial charge in [-0.1, -0.05) is 23.7 Å². The Morgan fingerprint density at radius 3 is 2.75 bits per heavy atom. The SMILES string of the molecule is Cc1cccc(C(=O)c2sccc2Cl)c1F. The first-order chi connectivity index (χ1) is 7.61. The minimum absolute atomic E-state index is 0.0735. The summed E-state index contributed by atoms with van der Waals surface area (Å²) in [6.07, 6.45) is 0. The Kier molecular flexibility index (Phi) is 3.08. The molecule has 0 aliphatic heterocycles. The Balaban J connectivity index is 2.50. The molecule has 16 heavy (non-hydrogen) atoms. The molecule has 0 unspecified atom stereocenters. The van der Waals surface area contributed by atoms with Crippen molar-refractivity contribution in [3.8, 4) is 0 Å². The molecule has 0 aliphatic carbocycles. The Hall–Kier alpha value is -1.19. The first-order valence-electron chi connectivity index (χ1n) is 4.64. The average molecular weight is 255 g/mol. The number of benzene rings is 1. The lowest BCUT2D eigenvalue weighted by Crippen LogP contribution is -2.03. The quantitative estimate of drug-likeness (QED) is 0.738. The van der Waals surface area contributed by atoms with Crippen molar-refractivity contribution >= 4 is 28.7 Å². The number of ketones is 1. The van der Waals surface area contributed by atoms with Crippen molar-refractivity contribution in [1.29, 1.82) is 0 Å². The van der Waals surface area contributed by atoms with Crippen molar-refractivity contribution in [2.75, 3.05) is 0 Å². The first-order valence-corrected chi connectivity index (χ1v) is 5.90. The average Bonchev–Trinajstić information content (AvgIpc) is 2.68. The van der Waals surface area contributed by atoms with Crippen LogP contribution in [0.3, 0.4) is 0 Å². The van der Waals surface area contributed by atoms with Gasteiger partial charge in [0, 0.05) is 0 Å². The molecule has 0 spiro atoms. The highest BCUT2D eigenvalue weighted by Crippen LogP contribution is 2.26. The summed E-state index contributed by atoms with van der Waals surface area (Å²) < 4.78 is 13.7. The summed E-state index contributed by atoms with van der Waals surface area (Å²) in [4.78, 5) is 12.4. The molecule has 0 saturated heterocycles. The second-order valence-corrected chi connectivity index (χ2v) is 4.69. The van der Waals surface area contributed by atoms with E-state index in [9.17, 15) is 9.18 Å². The van der Waals surface area contributed by atoms with Gasteiger partial charge in [-0.05, 0) is 30.0 Å². The fourth-order valence-electron chi connectivity index (χ4n) is 1.40. The van der Waals surface area contributed by atoms with Crippen LogP contribution < -0.4 is 0 Å². The van der Waals surface area contributed by atoms with E-state index in [1.54, 1.807) is 30.5 Å². The number of aryl methyl sites for hydroxylation is 1. The third kappa shape index (κ3) is 1.88. The number of carbonyl (C=O) groups excluding carboxylic acids is 1. The molecule has 1 aromatic carbocycles. The summed E-state index contributed by atoms with van der Waals surface area (Å²) in [7, 11) is 0. The van der Waals surface area contributed by atoms with Gasteiger partial charge in [0.1, 0.15) is 5.82 Å². The van der Waals surface area contributed by atoms with Crippen molar-refractivity contribution in [3.63, 3.8) is 0 Å². The van der Waals surface area contributed by atoms with Gasteiger partial charge in [0.2, 0.25) is 5.78 Å². The van der Waals surface area contributed by atoms with Gasteiger partial charge in [-0.25, -0.2) is 4.39 Å². The van der Waals surface area contributed by atoms with Crippen molar-refractivity contribution in [1.82, 2.24) is 0 Å². The molecule has 0 amide bonds. The number of thiophene rings is 1. The van der Waals surface area contributed by atoms with E-state index < -0.39 is 5.82 Å². The van der Waals surface area contributed by atoms with E-state index in [1.165, 1.54) is 17.4 Å². The van der Waals surface area contributed by atoms with Crippen LogP contribution in [0.5, 0.6) is 0 Å². The first kappa shape index (κ1) is 11.3. The Morgan fingerprint density at radius 2 is 2.12 bits per heavy atom. The molecule has 82 valence electrons. The second kappa shape index (κ2) is 4.36. The van der Waals surface area contributed by atoms with Crippen LogP contribution in [0.1, 0.15) is 20.8 Å².